The Morgan fingerprint density at radius 3 is 2.24 bits per heavy atom. The molecule has 0 aliphatic carbocycles. The third-order valence-corrected chi connectivity index (χ3v) is 4.22. The maximum absolute atomic E-state index is 10.6. The van der Waals surface area contributed by atoms with Gasteiger partial charge in [0, 0.05) is 25.5 Å². The summed E-state index contributed by atoms with van der Waals surface area (Å²) in [7, 11) is -2.44. The third kappa shape index (κ3) is 2.84. The van der Waals surface area contributed by atoms with E-state index in [2.05, 4.69) is 9.97 Å². The average Bonchev–Trinajstić information content (AvgIpc) is 2.29. The Hall–Kier alpha value is -1.38. The second-order valence-electron chi connectivity index (χ2n) is 3.77. The van der Waals surface area contributed by atoms with E-state index in [1.807, 2.05) is 4.90 Å². The fourth-order valence-electron chi connectivity index (χ4n) is 1.52. The standard InChI is InChI=1S/C9H13N3O4S/c13-8(14)7-5-10-9(11-6-7)12-1-3-17(15,16)4-2-12/h5-6,15-16H,1-4H2,(H,13,14). The van der Waals surface area contributed by atoms with Crippen molar-refractivity contribution in [1.29, 1.82) is 0 Å². The molecule has 0 bridgehead atoms. The van der Waals surface area contributed by atoms with Crippen LogP contribution in [0.4, 0.5) is 5.95 Å². The first-order valence-electron chi connectivity index (χ1n) is 5.02. The van der Waals surface area contributed by atoms with Gasteiger partial charge in [0.2, 0.25) is 5.95 Å². The number of carbonyl (C=O) groups is 1. The number of aromatic nitrogens is 2. The van der Waals surface area contributed by atoms with E-state index in [9.17, 15) is 13.9 Å². The molecule has 3 N–H and O–H groups in total. The van der Waals surface area contributed by atoms with Crippen LogP contribution in [0.3, 0.4) is 0 Å². The highest BCUT2D eigenvalue weighted by Crippen LogP contribution is 2.40. The van der Waals surface area contributed by atoms with Crippen LogP contribution in [-0.4, -0.2) is 54.7 Å². The summed E-state index contributed by atoms with van der Waals surface area (Å²) in [5.41, 5.74) is 0.0371. The van der Waals surface area contributed by atoms with E-state index in [4.69, 9.17) is 5.11 Å². The van der Waals surface area contributed by atoms with Crippen molar-refractivity contribution in [2.75, 3.05) is 29.5 Å². The molecule has 2 rings (SSSR count). The van der Waals surface area contributed by atoms with Gasteiger partial charge in [0.25, 0.3) is 0 Å². The molecule has 1 aliphatic rings. The molecule has 0 saturated carbocycles. The Balaban J connectivity index is 2.06. The average molecular weight is 259 g/mol. The molecule has 2 heterocycles. The van der Waals surface area contributed by atoms with Crippen LogP contribution in [0.1, 0.15) is 10.4 Å². The van der Waals surface area contributed by atoms with Crippen molar-refractivity contribution in [3.8, 4) is 0 Å². The number of carboxylic acids is 1. The number of nitrogens with zero attached hydrogens (tertiary/aromatic N) is 3. The minimum absolute atomic E-state index is 0.0371. The van der Waals surface area contributed by atoms with Crippen molar-refractivity contribution in [3.63, 3.8) is 0 Å². The minimum Gasteiger partial charge on any atom is -0.478 e. The number of carboxylic acid groups (broad SMARTS) is 1. The van der Waals surface area contributed by atoms with Gasteiger partial charge >= 0.3 is 5.97 Å². The fourth-order valence-corrected chi connectivity index (χ4v) is 2.75. The zero-order valence-electron chi connectivity index (χ0n) is 8.98. The zero-order valence-corrected chi connectivity index (χ0v) is 9.80. The first kappa shape index (κ1) is 12.1. The maximum atomic E-state index is 10.6. The van der Waals surface area contributed by atoms with E-state index in [0.29, 0.717) is 30.5 Å². The van der Waals surface area contributed by atoms with Crippen LogP contribution in [-0.2, 0) is 0 Å². The lowest BCUT2D eigenvalue weighted by atomic mass is 10.3. The molecule has 0 amide bonds. The molecule has 1 aromatic rings. The number of rotatable bonds is 2. The van der Waals surface area contributed by atoms with E-state index >= 15 is 0 Å². The molecule has 0 radical (unpaired) electrons. The monoisotopic (exact) mass is 259 g/mol. The number of aromatic carboxylic acids is 1. The Kier molecular flexibility index (Phi) is 3.18. The van der Waals surface area contributed by atoms with Crippen molar-refractivity contribution in [1.82, 2.24) is 9.97 Å². The van der Waals surface area contributed by atoms with Crippen LogP contribution < -0.4 is 4.90 Å². The van der Waals surface area contributed by atoms with Crippen LogP contribution in [0.5, 0.6) is 0 Å². The van der Waals surface area contributed by atoms with E-state index in [0.717, 1.165) is 0 Å². The topological polar surface area (TPSA) is 107 Å². The molecule has 1 fully saturated rings. The van der Waals surface area contributed by atoms with Gasteiger partial charge in [-0.15, -0.1) is 0 Å². The SMILES string of the molecule is O=C(O)c1cnc(N2CCS(O)(O)CC2)nc1. The molecule has 1 aliphatic heterocycles. The molecular formula is C9H13N3O4S. The molecule has 0 spiro atoms. The summed E-state index contributed by atoms with van der Waals surface area (Å²) in [6.45, 7) is 0.934. The Bertz CT molecular complexity index is 413. The highest BCUT2D eigenvalue weighted by Gasteiger charge is 2.23. The molecule has 8 heteroatoms. The Labute approximate surface area is 99.5 Å². The van der Waals surface area contributed by atoms with Gasteiger partial charge in [-0.3, -0.25) is 9.11 Å². The summed E-state index contributed by atoms with van der Waals surface area (Å²) in [6, 6.07) is 0. The van der Waals surface area contributed by atoms with Crippen molar-refractivity contribution >= 4 is 22.5 Å². The van der Waals surface area contributed by atoms with Gasteiger partial charge in [-0.25, -0.2) is 14.8 Å². The first-order valence-corrected chi connectivity index (χ1v) is 6.90. The highest BCUT2D eigenvalue weighted by atomic mass is 32.3. The number of hydrogen-bond acceptors (Lipinski definition) is 6. The molecule has 1 aromatic heterocycles. The van der Waals surface area contributed by atoms with Gasteiger partial charge < -0.3 is 10.0 Å². The van der Waals surface area contributed by atoms with Gasteiger partial charge in [-0.2, -0.15) is 10.6 Å². The van der Waals surface area contributed by atoms with Crippen LogP contribution in [0.15, 0.2) is 12.4 Å². The van der Waals surface area contributed by atoms with Gasteiger partial charge in [0.1, 0.15) is 0 Å². The van der Waals surface area contributed by atoms with E-state index in [1.54, 1.807) is 0 Å². The van der Waals surface area contributed by atoms with Crippen LogP contribution in [0.25, 0.3) is 0 Å². The molecule has 94 valence electrons. The van der Waals surface area contributed by atoms with E-state index in [-0.39, 0.29) is 5.56 Å². The molecule has 0 unspecified atom stereocenters. The van der Waals surface area contributed by atoms with Crippen molar-refractivity contribution in [3.05, 3.63) is 18.0 Å². The molecular weight excluding hydrogens is 246 g/mol. The Morgan fingerprint density at radius 2 is 1.76 bits per heavy atom. The van der Waals surface area contributed by atoms with E-state index in [1.165, 1.54) is 12.4 Å². The van der Waals surface area contributed by atoms with Crippen LogP contribution in [0.2, 0.25) is 0 Å². The summed E-state index contributed by atoms with van der Waals surface area (Å²) >= 11 is 0. The second-order valence-corrected chi connectivity index (χ2v) is 6.20. The molecule has 1 saturated heterocycles. The maximum Gasteiger partial charge on any atom is 0.338 e. The molecule has 0 atom stereocenters. The predicted octanol–water partition coefficient (Wildman–Crippen LogP) is 0.745. The van der Waals surface area contributed by atoms with Gasteiger partial charge in [-0.05, 0) is 0 Å². The lowest BCUT2D eigenvalue weighted by Gasteiger charge is -2.40. The third-order valence-electron chi connectivity index (χ3n) is 2.54. The molecule has 17 heavy (non-hydrogen) atoms. The van der Waals surface area contributed by atoms with Crippen LogP contribution in [0, 0.1) is 0 Å². The largest absolute Gasteiger partial charge is 0.478 e. The minimum atomic E-state index is -2.44. The van der Waals surface area contributed by atoms with Gasteiger partial charge in [-0.1, -0.05) is 0 Å². The zero-order chi connectivity index (χ0) is 12.5. The summed E-state index contributed by atoms with van der Waals surface area (Å²) in [4.78, 5) is 20.3. The predicted molar refractivity (Wildman–Crippen MR) is 63.8 cm³/mol. The van der Waals surface area contributed by atoms with Crippen molar-refractivity contribution in [2.45, 2.75) is 0 Å². The lowest BCUT2D eigenvalue weighted by Crippen LogP contribution is -2.39. The van der Waals surface area contributed by atoms with Gasteiger partial charge in [0.05, 0.1) is 17.1 Å². The lowest BCUT2D eigenvalue weighted by molar-refractivity contribution is 0.0696. The Morgan fingerprint density at radius 1 is 1.24 bits per heavy atom. The first-order chi connectivity index (χ1) is 7.98. The molecule has 0 aromatic carbocycles. The summed E-state index contributed by atoms with van der Waals surface area (Å²) in [5.74, 6) is -0.0390. The van der Waals surface area contributed by atoms with Crippen molar-refractivity contribution in [2.24, 2.45) is 0 Å². The number of anilines is 1. The highest BCUT2D eigenvalue weighted by molar-refractivity contribution is 8.24. The summed E-state index contributed by atoms with van der Waals surface area (Å²) in [6.07, 6.45) is 2.49. The van der Waals surface area contributed by atoms with Crippen LogP contribution >= 0.6 is 10.6 Å². The quantitative estimate of drug-likeness (QED) is 0.719. The molecule has 7 nitrogen and oxygen atoms in total. The summed E-state index contributed by atoms with van der Waals surface area (Å²) < 4.78 is 18.9. The second kappa shape index (κ2) is 4.47. The smallest absolute Gasteiger partial charge is 0.338 e. The summed E-state index contributed by atoms with van der Waals surface area (Å²) in [5, 5.41) is 8.70. The fraction of sp³-hybridized carbons (Fsp3) is 0.444. The van der Waals surface area contributed by atoms with Crippen molar-refractivity contribution < 1.29 is 19.0 Å². The number of hydrogen-bond donors (Lipinski definition) is 3. The van der Waals surface area contributed by atoms with Gasteiger partial charge in [0.15, 0.2) is 0 Å². The normalized spacial score (nSPS) is 20.9. The van der Waals surface area contributed by atoms with E-state index < -0.39 is 16.6 Å².